The molecule has 1 atom stereocenters. The second-order valence-electron chi connectivity index (χ2n) is 7.30. The maximum absolute atomic E-state index is 12.8. The van der Waals surface area contributed by atoms with E-state index in [4.69, 9.17) is 0 Å². The molecule has 1 saturated heterocycles. The standard InChI is InChI=1S/C19H28N2O4S/c1-13(2)14(3)20-19(23)17-9-11-21(12-10-17)26(24,25)18-7-5-16(6-8-18)15(4)22/h5-8,13-14,17H,9-12H2,1-4H3,(H,20,23). The van der Waals surface area contributed by atoms with Crippen LogP contribution in [0.3, 0.4) is 0 Å². The van der Waals surface area contributed by atoms with Crippen LogP contribution in [0.5, 0.6) is 0 Å². The smallest absolute Gasteiger partial charge is 0.243 e. The summed E-state index contributed by atoms with van der Waals surface area (Å²) in [6, 6.07) is 6.10. The van der Waals surface area contributed by atoms with E-state index >= 15 is 0 Å². The first-order valence-electron chi connectivity index (χ1n) is 9.04. The van der Waals surface area contributed by atoms with E-state index in [-0.39, 0.29) is 28.5 Å². The van der Waals surface area contributed by atoms with Gasteiger partial charge in [0.15, 0.2) is 5.78 Å². The van der Waals surface area contributed by atoms with Gasteiger partial charge in [-0.3, -0.25) is 9.59 Å². The molecule has 0 saturated carbocycles. The number of piperidine rings is 1. The van der Waals surface area contributed by atoms with Gasteiger partial charge in [-0.15, -0.1) is 0 Å². The molecule has 6 nitrogen and oxygen atoms in total. The predicted molar refractivity (Wildman–Crippen MR) is 100 cm³/mol. The van der Waals surface area contributed by atoms with Crippen molar-refractivity contribution in [2.24, 2.45) is 11.8 Å². The van der Waals surface area contributed by atoms with Crippen molar-refractivity contribution in [3.63, 3.8) is 0 Å². The summed E-state index contributed by atoms with van der Waals surface area (Å²) in [6.07, 6.45) is 1.03. The lowest BCUT2D eigenvalue weighted by Crippen LogP contribution is -2.45. The minimum Gasteiger partial charge on any atom is -0.353 e. The first-order chi connectivity index (χ1) is 12.1. The predicted octanol–water partition coefficient (Wildman–Crippen LogP) is 2.45. The van der Waals surface area contributed by atoms with Crippen molar-refractivity contribution in [3.05, 3.63) is 29.8 Å². The van der Waals surface area contributed by atoms with Gasteiger partial charge in [-0.25, -0.2) is 8.42 Å². The molecule has 1 unspecified atom stereocenters. The van der Waals surface area contributed by atoms with Crippen LogP contribution in [-0.4, -0.2) is 43.5 Å². The van der Waals surface area contributed by atoms with Gasteiger partial charge < -0.3 is 5.32 Å². The van der Waals surface area contributed by atoms with E-state index in [1.807, 2.05) is 6.92 Å². The number of ketones is 1. The van der Waals surface area contributed by atoms with Gasteiger partial charge in [0, 0.05) is 30.6 Å². The van der Waals surface area contributed by atoms with Crippen LogP contribution in [0.4, 0.5) is 0 Å². The fourth-order valence-corrected chi connectivity index (χ4v) is 4.35. The van der Waals surface area contributed by atoms with Crippen LogP contribution in [0.2, 0.25) is 0 Å². The van der Waals surface area contributed by atoms with E-state index < -0.39 is 10.0 Å². The summed E-state index contributed by atoms with van der Waals surface area (Å²) < 4.78 is 26.9. The third-order valence-corrected chi connectivity index (χ3v) is 7.01. The van der Waals surface area contributed by atoms with Crippen LogP contribution in [0.25, 0.3) is 0 Å². The molecular weight excluding hydrogens is 352 g/mol. The molecule has 0 spiro atoms. The summed E-state index contributed by atoms with van der Waals surface area (Å²) >= 11 is 0. The average Bonchev–Trinajstić information content (AvgIpc) is 2.61. The number of sulfonamides is 1. The molecule has 2 rings (SSSR count). The summed E-state index contributed by atoms with van der Waals surface area (Å²) in [6.45, 7) is 8.18. The van der Waals surface area contributed by atoms with E-state index in [1.54, 1.807) is 0 Å². The van der Waals surface area contributed by atoms with Gasteiger partial charge in [-0.05, 0) is 44.7 Å². The number of amides is 1. The number of carbonyl (C=O) groups excluding carboxylic acids is 2. The zero-order chi connectivity index (χ0) is 19.5. The van der Waals surface area contributed by atoms with E-state index in [1.165, 1.54) is 35.5 Å². The van der Waals surface area contributed by atoms with Crippen molar-refractivity contribution in [2.75, 3.05) is 13.1 Å². The quantitative estimate of drug-likeness (QED) is 0.769. The molecule has 0 bridgehead atoms. The first-order valence-corrected chi connectivity index (χ1v) is 10.5. The minimum atomic E-state index is -3.60. The van der Waals surface area contributed by atoms with Crippen molar-refractivity contribution < 1.29 is 18.0 Å². The third kappa shape index (κ3) is 4.71. The van der Waals surface area contributed by atoms with E-state index in [2.05, 4.69) is 19.2 Å². The molecule has 1 fully saturated rings. The molecule has 1 aromatic carbocycles. The molecule has 1 aromatic rings. The highest BCUT2D eigenvalue weighted by Crippen LogP contribution is 2.24. The Labute approximate surface area is 156 Å². The maximum Gasteiger partial charge on any atom is 0.243 e. The molecule has 1 N–H and O–H groups in total. The summed E-state index contributed by atoms with van der Waals surface area (Å²) in [5.74, 6) is 0.116. The Balaban J connectivity index is 2.00. The van der Waals surface area contributed by atoms with Crippen LogP contribution in [0.15, 0.2) is 29.2 Å². The summed E-state index contributed by atoms with van der Waals surface area (Å²) in [5, 5.41) is 3.01. The van der Waals surface area contributed by atoms with Gasteiger partial charge in [-0.2, -0.15) is 4.31 Å². The molecule has 1 aliphatic rings. The highest BCUT2D eigenvalue weighted by Gasteiger charge is 2.32. The zero-order valence-electron chi connectivity index (χ0n) is 15.9. The lowest BCUT2D eigenvalue weighted by atomic mass is 9.96. The topological polar surface area (TPSA) is 83.6 Å². The van der Waals surface area contributed by atoms with Crippen LogP contribution in [-0.2, 0) is 14.8 Å². The van der Waals surface area contributed by atoms with Crippen molar-refractivity contribution in [1.82, 2.24) is 9.62 Å². The largest absolute Gasteiger partial charge is 0.353 e. The summed E-state index contributed by atoms with van der Waals surface area (Å²) in [7, 11) is -3.60. The molecule has 1 heterocycles. The van der Waals surface area contributed by atoms with Crippen molar-refractivity contribution in [3.8, 4) is 0 Å². The summed E-state index contributed by atoms with van der Waals surface area (Å²) in [5.41, 5.74) is 0.485. The molecule has 0 aromatic heterocycles. The Morgan fingerprint density at radius 1 is 1.08 bits per heavy atom. The number of nitrogens with zero attached hydrogens (tertiary/aromatic N) is 1. The normalized spacial score (nSPS) is 17.9. The number of hydrogen-bond acceptors (Lipinski definition) is 4. The Morgan fingerprint density at radius 2 is 1.62 bits per heavy atom. The lowest BCUT2D eigenvalue weighted by Gasteiger charge is -2.31. The monoisotopic (exact) mass is 380 g/mol. The SMILES string of the molecule is CC(=O)c1ccc(S(=O)(=O)N2CCC(C(=O)NC(C)C(C)C)CC2)cc1. The van der Waals surface area contributed by atoms with Crippen LogP contribution in [0.1, 0.15) is 50.9 Å². The number of rotatable bonds is 6. The minimum absolute atomic E-state index is 0.00839. The average molecular weight is 381 g/mol. The second kappa shape index (κ2) is 8.31. The molecule has 26 heavy (non-hydrogen) atoms. The van der Waals surface area contributed by atoms with Gasteiger partial charge in [0.25, 0.3) is 0 Å². The second-order valence-corrected chi connectivity index (χ2v) is 9.24. The number of benzene rings is 1. The Kier molecular flexibility index (Phi) is 6.58. The van der Waals surface area contributed by atoms with Crippen molar-refractivity contribution >= 4 is 21.7 Å². The van der Waals surface area contributed by atoms with Crippen molar-refractivity contribution in [2.45, 2.75) is 51.5 Å². The van der Waals surface area contributed by atoms with Gasteiger partial charge in [-0.1, -0.05) is 26.0 Å². The van der Waals surface area contributed by atoms with E-state index in [0.717, 1.165) is 0 Å². The van der Waals surface area contributed by atoms with E-state index in [0.29, 0.717) is 37.4 Å². The van der Waals surface area contributed by atoms with E-state index in [9.17, 15) is 18.0 Å². The first kappa shape index (κ1) is 20.6. The molecule has 7 heteroatoms. The molecule has 0 aliphatic carbocycles. The van der Waals surface area contributed by atoms with Gasteiger partial charge in [0.1, 0.15) is 0 Å². The highest BCUT2D eigenvalue weighted by atomic mass is 32.2. The highest BCUT2D eigenvalue weighted by molar-refractivity contribution is 7.89. The third-order valence-electron chi connectivity index (χ3n) is 5.09. The molecule has 1 amide bonds. The molecule has 144 valence electrons. The van der Waals surface area contributed by atoms with Crippen molar-refractivity contribution in [1.29, 1.82) is 0 Å². The van der Waals surface area contributed by atoms with Crippen LogP contribution >= 0.6 is 0 Å². The number of Topliss-reactive ketones (excluding diaryl/α,β-unsaturated/α-hetero) is 1. The molecule has 1 aliphatic heterocycles. The Morgan fingerprint density at radius 3 is 2.08 bits per heavy atom. The summed E-state index contributed by atoms with van der Waals surface area (Å²) in [4.78, 5) is 23.8. The van der Waals surface area contributed by atoms with Crippen LogP contribution < -0.4 is 5.32 Å². The molecular formula is C19H28N2O4S. The fourth-order valence-electron chi connectivity index (χ4n) is 2.88. The van der Waals surface area contributed by atoms with Crippen LogP contribution in [0, 0.1) is 11.8 Å². The number of carbonyl (C=O) groups is 2. The van der Waals surface area contributed by atoms with Gasteiger partial charge in [0.2, 0.25) is 15.9 Å². The lowest BCUT2D eigenvalue weighted by molar-refractivity contribution is -0.127. The fraction of sp³-hybridized carbons (Fsp3) is 0.579. The molecule has 0 radical (unpaired) electrons. The maximum atomic E-state index is 12.8. The van der Waals surface area contributed by atoms with Gasteiger partial charge in [0.05, 0.1) is 4.90 Å². The van der Waals surface area contributed by atoms with Gasteiger partial charge >= 0.3 is 0 Å². The number of nitrogens with one attached hydrogen (secondary N) is 1. The number of hydrogen-bond donors (Lipinski definition) is 1. The Hall–Kier alpha value is -1.73. The zero-order valence-corrected chi connectivity index (χ0v) is 16.7. The Bertz CT molecular complexity index is 748.